The minimum atomic E-state index is -1.93. The average molecular weight is 366 g/mol. The molecule has 0 spiro atoms. The zero-order chi connectivity index (χ0) is 18.8. The Balaban J connectivity index is 2.36. The zero-order valence-electron chi connectivity index (χ0n) is 16.3. The van der Waals surface area contributed by atoms with Crippen LogP contribution in [0.5, 0.6) is 0 Å². The lowest BCUT2D eigenvalue weighted by Crippen LogP contribution is -2.48. The Morgan fingerprint density at radius 3 is 2.48 bits per heavy atom. The Labute approximate surface area is 151 Å². The molecule has 0 saturated heterocycles. The number of rotatable bonds is 4. The molecule has 0 N–H and O–H groups in total. The number of hydrogen-bond donors (Lipinski definition) is 0. The number of methoxy groups -OCH3 is 1. The van der Waals surface area contributed by atoms with E-state index in [4.69, 9.17) is 9.16 Å². The third-order valence-corrected chi connectivity index (χ3v) is 10.2. The van der Waals surface area contributed by atoms with Gasteiger partial charge in [-0.3, -0.25) is 4.79 Å². The van der Waals surface area contributed by atoms with Crippen LogP contribution in [0.2, 0.25) is 18.1 Å². The van der Waals surface area contributed by atoms with Crippen molar-refractivity contribution in [1.29, 1.82) is 0 Å². The molecule has 2 atom stereocenters. The first-order chi connectivity index (χ1) is 11.6. The highest BCUT2D eigenvalue weighted by Crippen LogP contribution is 2.41. The Hall–Kier alpha value is -1.40. The second-order valence-electron chi connectivity index (χ2n) is 8.39. The van der Waals surface area contributed by atoms with E-state index in [1.165, 1.54) is 13.2 Å². The molecule has 1 fully saturated rings. The van der Waals surface area contributed by atoms with Gasteiger partial charge in [-0.2, -0.15) is 0 Å². The lowest BCUT2D eigenvalue weighted by atomic mass is 9.92. The first-order valence-electron chi connectivity index (χ1n) is 9.06. The molecule has 6 heteroatoms. The van der Waals surface area contributed by atoms with Gasteiger partial charge in [0.15, 0.2) is 8.32 Å². The summed E-state index contributed by atoms with van der Waals surface area (Å²) in [6.07, 6.45) is 5.81. The van der Waals surface area contributed by atoms with E-state index in [1.54, 1.807) is 16.8 Å². The van der Waals surface area contributed by atoms with Gasteiger partial charge in [0.2, 0.25) is 0 Å². The predicted octanol–water partition coefficient (Wildman–Crippen LogP) is 4.14. The van der Waals surface area contributed by atoms with Crippen molar-refractivity contribution in [3.8, 4) is 0 Å². The molecule has 0 radical (unpaired) electrons. The van der Waals surface area contributed by atoms with Crippen molar-refractivity contribution < 1.29 is 14.0 Å². The molecule has 1 heterocycles. The van der Waals surface area contributed by atoms with Crippen LogP contribution < -0.4 is 5.56 Å². The molecule has 1 aromatic heterocycles. The van der Waals surface area contributed by atoms with Crippen LogP contribution >= 0.6 is 0 Å². The van der Waals surface area contributed by atoms with E-state index in [0.29, 0.717) is 0 Å². The smallest absolute Gasteiger partial charge is 0.343 e. The van der Waals surface area contributed by atoms with Crippen LogP contribution in [0, 0.1) is 0 Å². The van der Waals surface area contributed by atoms with Gasteiger partial charge in [-0.05, 0) is 43.1 Å². The fraction of sp³-hybridized carbons (Fsp3) is 0.684. The molecule has 25 heavy (non-hydrogen) atoms. The lowest BCUT2D eigenvalue weighted by molar-refractivity contribution is 0.0591. The highest BCUT2D eigenvalue weighted by molar-refractivity contribution is 6.74. The molecule has 2 rings (SSSR count). The summed E-state index contributed by atoms with van der Waals surface area (Å²) in [6.45, 7) is 11.2. The molecule has 0 unspecified atom stereocenters. The predicted molar refractivity (Wildman–Crippen MR) is 102 cm³/mol. The van der Waals surface area contributed by atoms with Gasteiger partial charge >= 0.3 is 5.97 Å². The number of carbonyl (C=O) groups is 1. The van der Waals surface area contributed by atoms with Crippen LogP contribution in [0.4, 0.5) is 0 Å². The van der Waals surface area contributed by atoms with Crippen molar-refractivity contribution in [2.45, 2.75) is 76.7 Å². The van der Waals surface area contributed by atoms with E-state index in [2.05, 4.69) is 33.9 Å². The maximum atomic E-state index is 12.8. The van der Waals surface area contributed by atoms with Gasteiger partial charge < -0.3 is 13.7 Å². The molecule has 0 aromatic carbocycles. The van der Waals surface area contributed by atoms with E-state index < -0.39 is 14.3 Å². The first-order valence-corrected chi connectivity index (χ1v) is 12.0. The Morgan fingerprint density at radius 2 is 1.88 bits per heavy atom. The van der Waals surface area contributed by atoms with Gasteiger partial charge in [-0.15, -0.1) is 0 Å². The van der Waals surface area contributed by atoms with Crippen molar-refractivity contribution >= 4 is 14.3 Å². The van der Waals surface area contributed by atoms with E-state index in [0.717, 1.165) is 25.7 Å². The van der Waals surface area contributed by atoms with Gasteiger partial charge in [0.05, 0.1) is 19.3 Å². The summed E-state index contributed by atoms with van der Waals surface area (Å²) >= 11 is 0. The summed E-state index contributed by atoms with van der Waals surface area (Å²) in [4.78, 5) is 24.6. The minimum Gasteiger partial charge on any atom is -0.465 e. The number of pyridine rings is 1. The van der Waals surface area contributed by atoms with Crippen LogP contribution in [-0.2, 0) is 9.16 Å². The largest absolute Gasteiger partial charge is 0.465 e. The van der Waals surface area contributed by atoms with Gasteiger partial charge in [0.1, 0.15) is 5.56 Å². The second-order valence-corrected chi connectivity index (χ2v) is 13.2. The zero-order valence-corrected chi connectivity index (χ0v) is 17.3. The maximum Gasteiger partial charge on any atom is 0.343 e. The average Bonchev–Trinajstić information content (AvgIpc) is 2.54. The Morgan fingerprint density at radius 1 is 1.24 bits per heavy atom. The Kier molecular flexibility index (Phi) is 5.94. The summed E-state index contributed by atoms with van der Waals surface area (Å²) in [5.41, 5.74) is -0.202. The number of aromatic nitrogens is 1. The summed E-state index contributed by atoms with van der Waals surface area (Å²) in [7, 11) is -0.639. The van der Waals surface area contributed by atoms with E-state index in [9.17, 15) is 9.59 Å². The molecule has 0 amide bonds. The van der Waals surface area contributed by atoms with Crippen molar-refractivity contribution in [2.24, 2.45) is 0 Å². The quantitative estimate of drug-likeness (QED) is 0.594. The van der Waals surface area contributed by atoms with Gasteiger partial charge in [-0.25, -0.2) is 4.79 Å². The highest BCUT2D eigenvalue weighted by atomic mass is 28.4. The summed E-state index contributed by atoms with van der Waals surface area (Å²) in [6, 6.07) is 3.24. The molecule has 1 aromatic rings. The van der Waals surface area contributed by atoms with Crippen molar-refractivity contribution in [2.75, 3.05) is 7.11 Å². The molecule has 1 saturated carbocycles. The van der Waals surface area contributed by atoms with E-state index in [1.807, 2.05) is 0 Å². The standard InChI is InChI=1S/C19H31NO4Si/c1-19(2,3)25(5,6)24-16-12-8-7-11-15(16)20-13-9-10-14(17(20)21)18(22)23-4/h9-10,13,15-16H,7-8,11-12H2,1-6H3/t15-,16+/m0/s1. The molecule has 140 valence electrons. The summed E-state index contributed by atoms with van der Waals surface area (Å²) in [5, 5.41) is 0.119. The lowest BCUT2D eigenvalue weighted by Gasteiger charge is -2.43. The Bertz CT molecular complexity index is 675. The van der Waals surface area contributed by atoms with Crippen molar-refractivity contribution in [3.63, 3.8) is 0 Å². The van der Waals surface area contributed by atoms with Crippen LogP contribution in [0.15, 0.2) is 23.1 Å². The summed E-state index contributed by atoms with van der Waals surface area (Å²) in [5.74, 6) is -0.586. The number of nitrogens with zero attached hydrogens (tertiary/aromatic N) is 1. The van der Waals surface area contributed by atoms with Gasteiger partial charge in [0, 0.05) is 6.20 Å². The second kappa shape index (κ2) is 7.46. The molecule has 5 nitrogen and oxygen atoms in total. The third-order valence-electron chi connectivity index (χ3n) is 5.66. The van der Waals surface area contributed by atoms with Crippen molar-refractivity contribution in [1.82, 2.24) is 4.57 Å². The van der Waals surface area contributed by atoms with Gasteiger partial charge in [-0.1, -0.05) is 33.6 Å². The SMILES string of the molecule is COC(=O)c1cccn([C@H]2CCCC[C@H]2O[Si](C)(C)C(C)(C)C)c1=O. The number of hydrogen-bond acceptors (Lipinski definition) is 4. The maximum absolute atomic E-state index is 12.8. The minimum absolute atomic E-state index is 0.0141. The monoisotopic (exact) mass is 365 g/mol. The van der Waals surface area contributed by atoms with E-state index >= 15 is 0 Å². The number of carbonyl (C=O) groups excluding carboxylic acids is 1. The normalized spacial score (nSPS) is 21.8. The fourth-order valence-electron chi connectivity index (χ4n) is 3.12. The number of esters is 1. The molecular weight excluding hydrogens is 334 g/mol. The van der Waals surface area contributed by atoms with Gasteiger partial charge in [0.25, 0.3) is 5.56 Å². The summed E-state index contributed by atoms with van der Waals surface area (Å²) < 4.78 is 13.1. The van der Waals surface area contributed by atoms with Crippen LogP contribution in [0.3, 0.4) is 0 Å². The van der Waals surface area contributed by atoms with Crippen molar-refractivity contribution in [3.05, 3.63) is 34.2 Å². The highest BCUT2D eigenvalue weighted by Gasteiger charge is 2.41. The molecule has 1 aliphatic carbocycles. The molecule has 1 aliphatic rings. The third kappa shape index (κ3) is 4.23. The molecular formula is C19H31NO4Si. The molecule has 0 aliphatic heterocycles. The topological polar surface area (TPSA) is 57.5 Å². The fourth-order valence-corrected chi connectivity index (χ4v) is 4.51. The molecule has 0 bridgehead atoms. The number of ether oxygens (including phenoxy) is 1. The van der Waals surface area contributed by atoms with Crippen LogP contribution in [0.25, 0.3) is 0 Å². The first kappa shape index (κ1) is 19.9. The van der Waals surface area contributed by atoms with E-state index in [-0.39, 0.29) is 28.3 Å². The van der Waals surface area contributed by atoms with Crippen LogP contribution in [-0.4, -0.2) is 32.1 Å². The van der Waals surface area contributed by atoms with Crippen LogP contribution in [0.1, 0.15) is 62.9 Å².